The molecule has 2 aromatic carbocycles. The highest BCUT2D eigenvalue weighted by Crippen LogP contribution is 2.40. The van der Waals surface area contributed by atoms with Crippen LogP contribution in [0.3, 0.4) is 0 Å². The van der Waals surface area contributed by atoms with Crippen molar-refractivity contribution in [1.82, 2.24) is 14.9 Å². The number of nitrogens with zero attached hydrogens (tertiary/aromatic N) is 4. The fourth-order valence-electron chi connectivity index (χ4n) is 5.20. The van der Waals surface area contributed by atoms with Gasteiger partial charge in [-0.3, -0.25) is 4.79 Å². The topological polar surface area (TPSA) is 67.8 Å². The normalized spacial score (nSPS) is 19.1. The van der Waals surface area contributed by atoms with Gasteiger partial charge in [-0.05, 0) is 42.2 Å². The number of aromatic nitrogens is 2. The van der Waals surface area contributed by atoms with Gasteiger partial charge in [-0.15, -0.1) is 0 Å². The van der Waals surface area contributed by atoms with Crippen LogP contribution in [0.5, 0.6) is 0 Å². The quantitative estimate of drug-likeness (QED) is 0.584. The van der Waals surface area contributed by atoms with Gasteiger partial charge in [0.05, 0.1) is 44.1 Å². The first-order valence-electron chi connectivity index (χ1n) is 12.3. The van der Waals surface area contributed by atoms with Crippen molar-refractivity contribution in [3.05, 3.63) is 88.5 Å². The van der Waals surface area contributed by atoms with E-state index in [-0.39, 0.29) is 17.1 Å². The lowest BCUT2D eigenvalue weighted by atomic mass is 9.73. The van der Waals surface area contributed by atoms with Crippen LogP contribution >= 0.6 is 0 Å². The van der Waals surface area contributed by atoms with Crippen LogP contribution in [-0.2, 0) is 27.9 Å². The molecule has 0 spiro atoms. The van der Waals surface area contributed by atoms with E-state index in [2.05, 4.69) is 70.3 Å². The molecule has 0 unspecified atom stereocenters. The molecule has 180 valence electrons. The second-order valence-corrected chi connectivity index (χ2v) is 9.73. The zero-order valence-electron chi connectivity index (χ0n) is 20.1. The fraction of sp³-hybridized carbons (Fsp3) is 0.393. The largest absolute Gasteiger partial charge is 0.379 e. The minimum atomic E-state index is -0.110. The Morgan fingerprint density at radius 1 is 0.914 bits per heavy atom. The molecule has 2 saturated heterocycles. The van der Waals surface area contributed by atoms with E-state index in [9.17, 15) is 4.79 Å². The highest BCUT2D eigenvalue weighted by Gasteiger charge is 2.42. The summed E-state index contributed by atoms with van der Waals surface area (Å²) in [7, 11) is 0. The third-order valence-electron chi connectivity index (χ3n) is 7.52. The molecule has 7 nitrogen and oxygen atoms in total. The molecule has 2 fully saturated rings. The van der Waals surface area contributed by atoms with Gasteiger partial charge in [-0.2, -0.15) is 0 Å². The summed E-state index contributed by atoms with van der Waals surface area (Å²) in [6.45, 7) is 7.43. The summed E-state index contributed by atoms with van der Waals surface area (Å²) in [5, 5.41) is 0. The highest BCUT2D eigenvalue weighted by molar-refractivity contribution is 5.90. The molecule has 0 radical (unpaired) electrons. The average Bonchev–Trinajstić information content (AvgIpc) is 2.89. The predicted molar refractivity (Wildman–Crippen MR) is 133 cm³/mol. The lowest BCUT2D eigenvalue weighted by molar-refractivity contribution is -0.0379. The van der Waals surface area contributed by atoms with Crippen molar-refractivity contribution in [2.45, 2.75) is 25.3 Å². The number of carbonyl (C=O) groups excluding carboxylic acids is 1. The van der Waals surface area contributed by atoms with Crippen molar-refractivity contribution in [3.8, 4) is 0 Å². The Balaban J connectivity index is 1.20. The lowest BCUT2D eigenvalue weighted by Gasteiger charge is -2.43. The molecule has 3 aromatic rings. The van der Waals surface area contributed by atoms with Crippen LogP contribution in [-0.4, -0.2) is 66.8 Å². The molecule has 1 aromatic heterocycles. The molecule has 3 aliphatic rings. The molecule has 1 amide bonds. The smallest absolute Gasteiger partial charge is 0.291 e. The van der Waals surface area contributed by atoms with Crippen molar-refractivity contribution in [2.75, 3.05) is 51.0 Å². The van der Waals surface area contributed by atoms with E-state index in [1.54, 1.807) is 4.90 Å². The van der Waals surface area contributed by atoms with Gasteiger partial charge in [-0.25, -0.2) is 9.97 Å². The minimum Gasteiger partial charge on any atom is -0.379 e. The van der Waals surface area contributed by atoms with Crippen molar-refractivity contribution in [2.24, 2.45) is 0 Å². The van der Waals surface area contributed by atoms with Crippen LogP contribution in [0.1, 0.15) is 38.6 Å². The first kappa shape index (κ1) is 22.2. The number of rotatable bonds is 4. The van der Waals surface area contributed by atoms with E-state index < -0.39 is 0 Å². The molecule has 0 atom stereocenters. The summed E-state index contributed by atoms with van der Waals surface area (Å²) in [5.74, 6) is 0.176. The van der Waals surface area contributed by atoms with Gasteiger partial charge in [0.15, 0.2) is 0 Å². The van der Waals surface area contributed by atoms with Gasteiger partial charge in [0, 0.05) is 31.5 Å². The average molecular weight is 471 g/mol. The number of fused-ring (bicyclic) bond motifs is 1. The first-order chi connectivity index (χ1) is 17.1. The monoisotopic (exact) mass is 470 g/mol. The number of hydrogen-bond donors (Lipinski definition) is 0. The van der Waals surface area contributed by atoms with Crippen LogP contribution in [0.4, 0.5) is 5.69 Å². The molecule has 7 heteroatoms. The van der Waals surface area contributed by atoms with E-state index in [4.69, 9.17) is 9.47 Å². The number of benzene rings is 2. The maximum atomic E-state index is 12.9. The van der Waals surface area contributed by atoms with Crippen LogP contribution in [0.25, 0.3) is 0 Å². The van der Waals surface area contributed by atoms with Crippen LogP contribution < -0.4 is 4.90 Å². The molecule has 3 aliphatic heterocycles. The Morgan fingerprint density at radius 2 is 1.60 bits per heavy atom. The molecule has 0 N–H and O–H groups in total. The number of amides is 1. The molecule has 0 aliphatic carbocycles. The van der Waals surface area contributed by atoms with E-state index in [0.29, 0.717) is 46.1 Å². The van der Waals surface area contributed by atoms with Crippen molar-refractivity contribution >= 4 is 11.6 Å². The second kappa shape index (κ2) is 9.06. The van der Waals surface area contributed by atoms with Gasteiger partial charge in [0.25, 0.3) is 5.91 Å². The highest BCUT2D eigenvalue weighted by atomic mass is 16.5. The summed E-state index contributed by atoms with van der Waals surface area (Å²) in [5.41, 5.74) is 7.03. The Labute approximate surface area is 205 Å². The Bertz CT molecular complexity index is 1220. The number of ether oxygens (including phenoxy) is 2. The predicted octanol–water partition coefficient (Wildman–Crippen LogP) is 3.14. The molecule has 6 rings (SSSR count). The van der Waals surface area contributed by atoms with E-state index in [1.165, 1.54) is 22.4 Å². The third-order valence-corrected chi connectivity index (χ3v) is 7.52. The van der Waals surface area contributed by atoms with Gasteiger partial charge in [0.1, 0.15) is 0 Å². The number of anilines is 1. The molecule has 35 heavy (non-hydrogen) atoms. The molecular formula is C28H30N4O3. The van der Waals surface area contributed by atoms with Crippen molar-refractivity contribution < 1.29 is 14.3 Å². The number of morpholine rings is 1. The SMILES string of the molecule is Cc1ccc(C2(c3ccc(N4CCc5cnc(C(=O)N6CCOCC6)nc5C4)cc3)COC2)cc1. The Morgan fingerprint density at radius 3 is 2.26 bits per heavy atom. The van der Waals surface area contributed by atoms with Crippen LogP contribution in [0.15, 0.2) is 54.7 Å². The lowest BCUT2D eigenvalue weighted by Crippen LogP contribution is -2.47. The summed E-state index contributed by atoms with van der Waals surface area (Å²) in [6, 6.07) is 17.7. The van der Waals surface area contributed by atoms with Crippen molar-refractivity contribution in [1.29, 1.82) is 0 Å². The van der Waals surface area contributed by atoms with Crippen LogP contribution in [0, 0.1) is 6.92 Å². The van der Waals surface area contributed by atoms with E-state index >= 15 is 0 Å². The number of carbonyl (C=O) groups is 1. The number of hydrogen-bond acceptors (Lipinski definition) is 6. The summed E-state index contributed by atoms with van der Waals surface area (Å²) in [6.07, 6.45) is 2.70. The molecule has 0 saturated carbocycles. The zero-order chi connectivity index (χ0) is 23.8. The van der Waals surface area contributed by atoms with Gasteiger partial charge in [-0.1, -0.05) is 42.0 Å². The minimum absolute atomic E-state index is 0.0668. The molecule has 4 heterocycles. The van der Waals surface area contributed by atoms with Gasteiger partial charge in [0.2, 0.25) is 5.82 Å². The van der Waals surface area contributed by atoms with Gasteiger partial charge < -0.3 is 19.3 Å². The van der Waals surface area contributed by atoms with Crippen LogP contribution in [0.2, 0.25) is 0 Å². The Hall–Kier alpha value is -3.29. The maximum Gasteiger partial charge on any atom is 0.291 e. The van der Waals surface area contributed by atoms with Gasteiger partial charge >= 0.3 is 0 Å². The second-order valence-electron chi connectivity index (χ2n) is 9.73. The molecule has 0 bridgehead atoms. The Kier molecular flexibility index (Phi) is 5.74. The summed E-state index contributed by atoms with van der Waals surface area (Å²) >= 11 is 0. The summed E-state index contributed by atoms with van der Waals surface area (Å²) in [4.78, 5) is 26.0. The maximum absolute atomic E-state index is 12.9. The summed E-state index contributed by atoms with van der Waals surface area (Å²) < 4.78 is 11.0. The van der Waals surface area contributed by atoms with E-state index in [1.807, 2.05) is 6.20 Å². The standard InChI is InChI=1S/C28H30N4O3/c1-20-2-4-22(5-3-20)28(18-35-19-28)23-6-8-24(9-7-23)32-11-10-21-16-29-26(30-25(21)17-32)27(33)31-12-14-34-15-13-31/h2-9,16H,10-15,17-19H2,1H3. The molecular weight excluding hydrogens is 440 g/mol. The van der Waals surface area contributed by atoms with Crippen molar-refractivity contribution in [3.63, 3.8) is 0 Å². The first-order valence-corrected chi connectivity index (χ1v) is 12.3. The fourth-order valence-corrected chi connectivity index (χ4v) is 5.20. The van der Waals surface area contributed by atoms with E-state index in [0.717, 1.165) is 24.2 Å². The zero-order valence-corrected chi connectivity index (χ0v) is 20.1. The number of aryl methyl sites for hydroxylation is 1. The third kappa shape index (κ3) is 4.09.